The van der Waals surface area contributed by atoms with Crippen molar-refractivity contribution in [2.45, 2.75) is 25.3 Å². The van der Waals surface area contributed by atoms with Crippen molar-refractivity contribution in [1.82, 2.24) is 15.1 Å². The average Bonchev–Trinajstić information content (AvgIpc) is 2.93. The quantitative estimate of drug-likeness (QED) is 0.880. The van der Waals surface area contributed by atoms with Gasteiger partial charge in [-0.15, -0.1) is 0 Å². The average molecular weight is 313 g/mol. The van der Waals surface area contributed by atoms with Crippen molar-refractivity contribution in [2.75, 3.05) is 13.1 Å². The van der Waals surface area contributed by atoms with Crippen molar-refractivity contribution in [1.29, 1.82) is 0 Å². The maximum atomic E-state index is 13.2. The third kappa shape index (κ3) is 2.72. The Hall–Kier alpha value is -1.89. The highest BCUT2D eigenvalue weighted by Crippen LogP contribution is 2.41. The zero-order valence-corrected chi connectivity index (χ0v) is 11.9. The van der Waals surface area contributed by atoms with Crippen molar-refractivity contribution in [3.8, 4) is 11.3 Å². The molecule has 118 valence electrons. The van der Waals surface area contributed by atoms with Gasteiger partial charge in [0, 0.05) is 17.8 Å². The van der Waals surface area contributed by atoms with Crippen LogP contribution < -0.4 is 0 Å². The number of likely N-dealkylation sites (tertiary alicyclic amines) is 1. The van der Waals surface area contributed by atoms with Crippen LogP contribution in [0, 0.1) is 6.92 Å². The van der Waals surface area contributed by atoms with E-state index < -0.39 is 24.9 Å². The summed E-state index contributed by atoms with van der Waals surface area (Å²) in [6.07, 6.45) is 0. The number of alkyl halides is 4. The van der Waals surface area contributed by atoms with Crippen molar-refractivity contribution in [3.63, 3.8) is 0 Å². The molecular formula is C15H15F4N3. The van der Waals surface area contributed by atoms with Gasteiger partial charge in [-0.25, -0.2) is 0 Å². The second kappa shape index (κ2) is 5.08. The van der Waals surface area contributed by atoms with E-state index >= 15 is 0 Å². The Balaban J connectivity index is 1.72. The first kappa shape index (κ1) is 15.0. The van der Waals surface area contributed by atoms with Gasteiger partial charge in [0.2, 0.25) is 0 Å². The molecule has 0 amide bonds. The smallest absolute Gasteiger partial charge is 0.285 e. The van der Waals surface area contributed by atoms with E-state index in [4.69, 9.17) is 0 Å². The Labute approximate surface area is 124 Å². The van der Waals surface area contributed by atoms with Crippen LogP contribution in [0.3, 0.4) is 0 Å². The molecule has 0 saturated carbocycles. The SMILES string of the molecule is Cc1ccc(-c2cc(CN3CC(F)(F)C(F)(F)C3)[nH]n2)cc1. The molecule has 0 aliphatic carbocycles. The van der Waals surface area contributed by atoms with E-state index in [0.717, 1.165) is 16.0 Å². The van der Waals surface area contributed by atoms with Crippen LogP contribution in [0.1, 0.15) is 11.3 Å². The fourth-order valence-electron chi connectivity index (χ4n) is 2.52. The van der Waals surface area contributed by atoms with E-state index in [1.807, 2.05) is 31.2 Å². The number of benzene rings is 1. The Kier molecular flexibility index (Phi) is 3.47. The number of aromatic amines is 1. The zero-order valence-electron chi connectivity index (χ0n) is 11.9. The minimum Gasteiger partial charge on any atom is -0.285 e. The van der Waals surface area contributed by atoms with Gasteiger partial charge in [0.1, 0.15) is 0 Å². The summed E-state index contributed by atoms with van der Waals surface area (Å²) in [5.74, 6) is -7.96. The van der Waals surface area contributed by atoms with Crippen LogP contribution in [0.25, 0.3) is 11.3 Å². The van der Waals surface area contributed by atoms with E-state index in [1.165, 1.54) is 0 Å². The van der Waals surface area contributed by atoms with Gasteiger partial charge in [-0.3, -0.25) is 10.00 Å². The van der Waals surface area contributed by atoms with Gasteiger partial charge in [-0.1, -0.05) is 29.8 Å². The number of nitrogens with zero attached hydrogens (tertiary/aromatic N) is 2. The fourth-order valence-corrected chi connectivity index (χ4v) is 2.52. The van der Waals surface area contributed by atoms with Gasteiger partial charge in [-0.05, 0) is 13.0 Å². The summed E-state index contributed by atoms with van der Waals surface area (Å²) in [5, 5.41) is 6.82. The molecule has 1 aliphatic rings. The van der Waals surface area contributed by atoms with Gasteiger partial charge in [-0.2, -0.15) is 22.7 Å². The van der Waals surface area contributed by atoms with E-state index in [1.54, 1.807) is 6.07 Å². The molecule has 2 heterocycles. The molecule has 22 heavy (non-hydrogen) atoms. The van der Waals surface area contributed by atoms with Crippen molar-refractivity contribution < 1.29 is 17.6 Å². The first-order chi connectivity index (χ1) is 10.3. The third-order valence-corrected chi connectivity index (χ3v) is 3.75. The molecule has 3 rings (SSSR count). The molecule has 1 saturated heterocycles. The second-order valence-electron chi connectivity index (χ2n) is 5.70. The number of H-pyrrole nitrogens is 1. The van der Waals surface area contributed by atoms with Crippen LogP contribution >= 0.6 is 0 Å². The fraction of sp³-hybridized carbons (Fsp3) is 0.400. The lowest BCUT2D eigenvalue weighted by atomic mass is 10.1. The molecule has 0 bridgehead atoms. The first-order valence-corrected chi connectivity index (χ1v) is 6.86. The van der Waals surface area contributed by atoms with E-state index in [2.05, 4.69) is 10.2 Å². The maximum Gasteiger partial charge on any atom is 0.323 e. The number of halogens is 4. The first-order valence-electron chi connectivity index (χ1n) is 6.86. The Morgan fingerprint density at radius 3 is 2.27 bits per heavy atom. The topological polar surface area (TPSA) is 31.9 Å². The lowest BCUT2D eigenvalue weighted by molar-refractivity contribution is -0.172. The van der Waals surface area contributed by atoms with Gasteiger partial charge in [0.05, 0.1) is 18.8 Å². The number of hydrogen-bond acceptors (Lipinski definition) is 2. The summed E-state index contributed by atoms with van der Waals surface area (Å²) in [6.45, 7) is 0.0648. The molecule has 1 fully saturated rings. The maximum absolute atomic E-state index is 13.2. The summed E-state index contributed by atoms with van der Waals surface area (Å²) < 4.78 is 52.7. The van der Waals surface area contributed by atoms with Crippen molar-refractivity contribution in [3.05, 3.63) is 41.6 Å². The number of rotatable bonds is 3. The Morgan fingerprint density at radius 1 is 1.09 bits per heavy atom. The van der Waals surface area contributed by atoms with Crippen molar-refractivity contribution in [2.24, 2.45) is 0 Å². The predicted octanol–water partition coefficient (Wildman–Crippen LogP) is 3.47. The monoisotopic (exact) mass is 313 g/mol. The van der Waals surface area contributed by atoms with E-state index in [0.29, 0.717) is 11.4 Å². The summed E-state index contributed by atoms with van der Waals surface area (Å²) in [7, 11) is 0. The highest BCUT2D eigenvalue weighted by Gasteiger charge is 2.62. The van der Waals surface area contributed by atoms with Crippen LogP contribution in [-0.2, 0) is 6.54 Å². The molecule has 0 radical (unpaired) electrons. The van der Waals surface area contributed by atoms with Gasteiger partial charge in [0.15, 0.2) is 0 Å². The molecule has 3 nitrogen and oxygen atoms in total. The van der Waals surface area contributed by atoms with E-state index in [-0.39, 0.29) is 6.54 Å². The second-order valence-corrected chi connectivity index (χ2v) is 5.70. The lowest BCUT2D eigenvalue weighted by Gasteiger charge is -2.15. The number of nitrogens with one attached hydrogen (secondary N) is 1. The minimum absolute atomic E-state index is 0.00988. The molecule has 0 unspecified atom stereocenters. The summed E-state index contributed by atoms with van der Waals surface area (Å²) in [5.41, 5.74) is 3.18. The lowest BCUT2D eigenvalue weighted by Crippen LogP contribution is -2.38. The third-order valence-electron chi connectivity index (χ3n) is 3.75. The summed E-state index contributed by atoms with van der Waals surface area (Å²) in [4.78, 5) is 1.03. The van der Waals surface area contributed by atoms with Crippen LogP contribution in [-0.4, -0.2) is 40.0 Å². The Bertz CT molecular complexity index is 648. The number of hydrogen-bond donors (Lipinski definition) is 1. The van der Waals surface area contributed by atoms with Crippen LogP contribution in [0.4, 0.5) is 17.6 Å². The largest absolute Gasteiger partial charge is 0.323 e. The summed E-state index contributed by atoms with van der Waals surface area (Å²) >= 11 is 0. The van der Waals surface area contributed by atoms with Gasteiger partial charge >= 0.3 is 11.8 Å². The van der Waals surface area contributed by atoms with Crippen LogP contribution in [0.5, 0.6) is 0 Å². The zero-order chi connectivity index (χ0) is 16.0. The minimum atomic E-state index is -3.98. The molecule has 1 aromatic carbocycles. The Morgan fingerprint density at radius 2 is 1.68 bits per heavy atom. The van der Waals surface area contributed by atoms with Crippen molar-refractivity contribution >= 4 is 0 Å². The normalized spacial score (nSPS) is 20.4. The number of aryl methyl sites for hydroxylation is 1. The molecule has 2 aromatic rings. The molecule has 0 atom stereocenters. The highest BCUT2D eigenvalue weighted by atomic mass is 19.3. The number of aromatic nitrogens is 2. The molecule has 1 aliphatic heterocycles. The molecule has 1 N–H and O–H groups in total. The molecule has 0 spiro atoms. The highest BCUT2D eigenvalue weighted by molar-refractivity contribution is 5.59. The van der Waals surface area contributed by atoms with Crippen LogP contribution in [0.2, 0.25) is 0 Å². The van der Waals surface area contributed by atoms with Gasteiger partial charge < -0.3 is 0 Å². The summed E-state index contributed by atoms with van der Waals surface area (Å²) in [6, 6.07) is 9.36. The molecule has 7 heteroatoms. The standard InChI is InChI=1S/C15H15F4N3/c1-10-2-4-11(5-3-10)13-6-12(20-21-13)7-22-8-14(16,17)15(18,19)9-22/h2-6H,7-9H2,1H3,(H,20,21). The van der Waals surface area contributed by atoms with E-state index in [9.17, 15) is 17.6 Å². The predicted molar refractivity (Wildman–Crippen MR) is 73.9 cm³/mol. The molecule has 1 aromatic heterocycles. The van der Waals surface area contributed by atoms with Gasteiger partial charge in [0.25, 0.3) is 0 Å². The molecular weight excluding hydrogens is 298 g/mol. The van der Waals surface area contributed by atoms with Crippen LogP contribution in [0.15, 0.2) is 30.3 Å².